The fraction of sp³-hybridized carbons (Fsp3) is 0.960. The lowest BCUT2D eigenvalue weighted by Crippen LogP contribution is -2.60. The van der Waals surface area contributed by atoms with Crippen molar-refractivity contribution in [3.63, 3.8) is 0 Å². The number of esters is 1. The summed E-state index contributed by atoms with van der Waals surface area (Å²) in [7, 11) is 0. The molecule has 1 aliphatic rings. The van der Waals surface area contributed by atoms with Gasteiger partial charge >= 0.3 is 5.97 Å². The molecule has 0 aromatic carbocycles. The maximum atomic E-state index is 13.0. The Kier molecular flexibility index (Phi) is 11.8. The molecule has 0 bridgehead atoms. The summed E-state index contributed by atoms with van der Waals surface area (Å²) < 4.78 is 6.02. The van der Waals surface area contributed by atoms with Crippen LogP contribution < -0.4 is 0 Å². The number of hydrogen-bond donors (Lipinski definition) is 0. The molecule has 29 heavy (non-hydrogen) atoms. The van der Waals surface area contributed by atoms with Gasteiger partial charge in [-0.1, -0.05) is 78.1 Å². The van der Waals surface area contributed by atoms with E-state index in [0.29, 0.717) is 12.8 Å². The van der Waals surface area contributed by atoms with E-state index in [0.717, 1.165) is 25.7 Å². The van der Waals surface area contributed by atoms with Crippen molar-refractivity contribution in [2.24, 2.45) is 5.92 Å². The van der Waals surface area contributed by atoms with E-state index in [1.54, 1.807) is 0 Å². The monoisotopic (exact) mass is 410 g/mol. The minimum atomic E-state index is -0.497. The number of nitrogens with zero attached hydrogens (tertiary/aromatic N) is 1. The van der Waals surface area contributed by atoms with Crippen LogP contribution in [0.25, 0.3) is 0 Å². The number of hydrogen-bond acceptors (Lipinski definition) is 3. The van der Waals surface area contributed by atoms with Gasteiger partial charge in [0.15, 0.2) is 0 Å². The summed E-state index contributed by atoms with van der Waals surface area (Å²) in [6, 6.07) is 0. The largest absolute Gasteiger partial charge is 0.462 e. The number of ether oxygens (including phenoxy) is 1. The molecule has 1 atom stereocenters. The normalized spacial score (nSPS) is 20.5. The lowest BCUT2D eigenvalue weighted by molar-refractivity contribution is -0.299. The number of unbranched alkanes of at least 4 members (excludes halogenated alkanes) is 8. The minimum Gasteiger partial charge on any atom is -0.462 e. The molecule has 0 spiro atoms. The van der Waals surface area contributed by atoms with E-state index in [9.17, 15) is 10.0 Å². The molecule has 4 heteroatoms. The third-order valence-electron chi connectivity index (χ3n) is 6.48. The molecule has 0 N–H and O–H groups in total. The Hall–Kier alpha value is -0.610. The Morgan fingerprint density at radius 1 is 0.828 bits per heavy atom. The van der Waals surface area contributed by atoms with Crippen LogP contribution in [0.5, 0.6) is 0 Å². The van der Waals surface area contributed by atoms with Crippen molar-refractivity contribution in [1.82, 2.24) is 5.06 Å². The average Bonchev–Trinajstić information content (AvgIpc) is 2.63. The summed E-state index contributed by atoms with van der Waals surface area (Å²) in [5.41, 5.74) is -0.995. The zero-order chi connectivity index (χ0) is 21.9. The molecule has 1 saturated heterocycles. The van der Waals surface area contributed by atoms with Gasteiger partial charge in [0.25, 0.3) is 0 Å². The van der Waals surface area contributed by atoms with Crippen LogP contribution in [-0.4, -0.2) is 28.2 Å². The Balaban J connectivity index is 2.59. The van der Waals surface area contributed by atoms with Crippen molar-refractivity contribution in [2.75, 3.05) is 0 Å². The first-order chi connectivity index (χ1) is 13.6. The van der Waals surface area contributed by atoms with Gasteiger partial charge in [-0.3, -0.25) is 4.79 Å². The van der Waals surface area contributed by atoms with Gasteiger partial charge in [-0.25, -0.2) is 0 Å². The van der Waals surface area contributed by atoms with E-state index in [1.807, 2.05) is 27.7 Å². The predicted octanol–water partition coefficient (Wildman–Crippen LogP) is 7.23. The number of carbonyl (C=O) groups is 1. The molecule has 0 aromatic heterocycles. The van der Waals surface area contributed by atoms with E-state index >= 15 is 0 Å². The highest BCUT2D eigenvalue weighted by Gasteiger charge is 2.47. The van der Waals surface area contributed by atoms with Gasteiger partial charge in [-0.15, -0.1) is 10.3 Å². The summed E-state index contributed by atoms with van der Waals surface area (Å²) in [4.78, 5) is 13.0. The summed E-state index contributed by atoms with van der Waals surface area (Å²) in [6.07, 6.45) is 15.2. The van der Waals surface area contributed by atoms with E-state index in [-0.39, 0.29) is 18.0 Å². The van der Waals surface area contributed by atoms with Crippen molar-refractivity contribution in [1.29, 1.82) is 0 Å². The third-order valence-corrected chi connectivity index (χ3v) is 6.48. The molecule has 4 nitrogen and oxygen atoms in total. The van der Waals surface area contributed by atoms with Crippen LogP contribution in [0.2, 0.25) is 0 Å². The van der Waals surface area contributed by atoms with Crippen molar-refractivity contribution < 1.29 is 14.7 Å². The Morgan fingerprint density at radius 2 is 1.24 bits per heavy atom. The molecule has 0 saturated carbocycles. The first-order valence-corrected chi connectivity index (χ1v) is 12.3. The molecule has 0 amide bonds. The van der Waals surface area contributed by atoms with Gasteiger partial charge in [0.1, 0.15) is 6.10 Å². The van der Waals surface area contributed by atoms with Crippen LogP contribution in [0.1, 0.15) is 131 Å². The Labute approximate surface area is 180 Å². The molecule has 1 radical (unpaired) electrons. The lowest BCUT2D eigenvalue weighted by Gasteiger charge is -2.49. The molecule has 171 valence electrons. The second kappa shape index (κ2) is 12.9. The van der Waals surface area contributed by atoms with Crippen LogP contribution in [0.4, 0.5) is 0 Å². The van der Waals surface area contributed by atoms with Gasteiger partial charge in [-0.05, 0) is 40.5 Å². The Bertz CT molecular complexity index is 443. The molecule has 1 heterocycles. The summed E-state index contributed by atoms with van der Waals surface area (Å²) in [5, 5.41) is 13.8. The number of hydroxylamine groups is 2. The van der Waals surface area contributed by atoms with Crippen LogP contribution in [0.15, 0.2) is 0 Å². The molecule has 0 aromatic rings. The standard InChI is InChI=1S/C25H48NO3/c1-7-9-11-13-14-16-18-21(17-15-12-10-8-2)23(27)29-22-19-24(3,4)26(28)25(5,6)20-22/h21-22H,7-20H2,1-6H3. The second-order valence-corrected chi connectivity index (χ2v) is 10.5. The number of rotatable bonds is 14. The number of carbonyl (C=O) groups excluding carboxylic acids is 1. The van der Waals surface area contributed by atoms with E-state index in [4.69, 9.17) is 4.74 Å². The molecular formula is C25H48NO3. The predicted molar refractivity (Wildman–Crippen MR) is 120 cm³/mol. The first-order valence-electron chi connectivity index (χ1n) is 12.3. The van der Waals surface area contributed by atoms with Crippen LogP contribution in [0.3, 0.4) is 0 Å². The van der Waals surface area contributed by atoms with Crippen molar-refractivity contribution in [2.45, 2.75) is 149 Å². The van der Waals surface area contributed by atoms with Crippen LogP contribution in [-0.2, 0) is 14.7 Å². The molecule has 1 fully saturated rings. The average molecular weight is 411 g/mol. The molecule has 1 rings (SSSR count). The number of piperidine rings is 1. The van der Waals surface area contributed by atoms with Crippen molar-refractivity contribution in [3.05, 3.63) is 0 Å². The molecule has 1 unspecified atom stereocenters. The molecular weight excluding hydrogens is 362 g/mol. The van der Waals surface area contributed by atoms with Gasteiger partial charge in [0.2, 0.25) is 0 Å². The first kappa shape index (κ1) is 26.4. The highest BCUT2D eigenvalue weighted by Crippen LogP contribution is 2.38. The zero-order valence-corrected chi connectivity index (χ0v) is 20.2. The second-order valence-electron chi connectivity index (χ2n) is 10.5. The zero-order valence-electron chi connectivity index (χ0n) is 20.2. The quantitative estimate of drug-likeness (QED) is 0.224. The maximum Gasteiger partial charge on any atom is 0.309 e. The fourth-order valence-electron chi connectivity index (χ4n) is 4.88. The van der Waals surface area contributed by atoms with Crippen LogP contribution in [0, 0.1) is 5.92 Å². The summed E-state index contributed by atoms with van der Waals surface area (Å²) >= 11 is 0. The van der Waals surface area contributed by atoms with Crippen LogP contribution >= 0.6 is 0 Å². The van der Waals surface area contributed by atoms with E-state index < -0.39 is 11.1 Å². The van der Waals surface area contributed by atoms with Crippen molar-refractivity contribution in [3.8, 4) is 0 Å². The van der Waals surface area contributed by atoms with E-state index in [1.165, 1.54) is 56.4 Å². The summed E-state index contributed by atoms with van der Waals surface area (Å²) in [5.74, 6) is 0.000502. The molecule has 0 aliphatic carbocycles. The molecule has 1 aliphatic heterocycles. The lowest BCUT2D eigenvalue weighted by atomic mass is 9.80. The highest BCUT2D eigenvalue weighted by atomic mass is 16.5. The van der Waals surface area contributed by atoms with Gasteiger partial charge in [0, 0.05) is 23.9 Å². The SMILES string of the molecule is CCCCCCCCC(CCCCCC)C(=O)OC1CC(C)(C)N([O])C(C)(C)C1. The smallest absolute Gasteiger partial charge is 0.309 e. The van der Waals surface area contributed by atoms with Gasteiger partial charge in [-0.2, -0.15) is 0 Å². The maximum absolute atomic E-state index is 13.0. The van der Waals surface area contributed by atoms with E-state index in [2.05, 4.69) is 13.8 Å². The summed E-state index contributed by atoms with van der Waals surface area (Å²) in [6.45, 7) is 12.3. The fourth-order valence-corrected chi connectivity index (χ4v) is 4.88. The Morgan fingerprint density at radius 3 is 1.72 bits per heavy atom. The van der Waals surface area contributed by atoms with Gasteiger partial charge in [0.05, 0.1) is 5.92 Å². The topological polar surface area (TPSA) is 49.4 Å². The minimum absolute atomic E-state index is 0.0222. The third kappa shape index (κ3) is 9.38. The highest BCUT2D eigenvalue weighted by molar-refractivity contribution is 5.72. The van der Waals surface area contributed by atoms with Crippen molar-refractivity contribution >= 4 is 5.97 Å². The van der Waals surface area contributed by atoms with Gasteiger partial charge < -0.3 is 4.74 Å².